The highest BCUT2D eigenvalue weighted by Crippen LogP contribution is 2.40. The molecule has 204 valence electrons. The molecule has 9 aromatic rings. The van der Waals surface area contributed by atoms with Gasteiger partial charge < -0.3 is 0 Å². The fourth-order valence-corrected chi connectivity index (χ4v) is 6.64. The van der Waals surface area contributed by atoms with E-state index in [2.05, 4.69) is 91.0 Å². The fraction of sp³-hybridized carbons (Fsp3) is 0. The summed E-state index contributed by atoms with van der Waals surface area (Å²) in [5.74, 6) is 1.97. The number of aromatic nitrogens is 3. The van der Waals surface area contributed by atoms with E-state index in [-0.39, 0.29) is 0 Å². The van der Waals surface area contributed by atoms with Crippen molar-refractivity contribution < 1.29 is 0 Å². The summed E-state index contributed by atoms with van der Waals surface area (Å²) in [5.41, 5.74) is 2.87. The average Bonchev–Trinajstić information content (AvgIpc) is 3.11. The molecule has 0 amide bonds. The Bertz CT molecular complexity index is 2480. The van der Waals surface area contributed by atoms with E-state index in [0.717, 1.165) is 16.7 Å². The summed E-state index contributed by atoms with van der Waals surface area (Å²) >= 11 is 0. The Morgan fingerprint density at radius 1 is 0.273 bits per heavy atom. The lowest BCUT2D eigenvalue weighted by Crippen LogP contribution is -2.00. The summed E-state index contributed by atoms with van der Waals surface area (Å²) in [5, 5.41) is 12.4. The van der Waals surface area contributed by atoms with E-state index in [1.54, 1.807) is 0 Å². The van der Waals surface area contributed by atoms with Crippen molar-refractivity contribution in [3.63, 3.8) is 0 Å². The van der Waals surface area contributed by atoms with Gasteiger partial charge in [0.1, 0.15) is 0 Å². The third-order valence-electron chi connectivity index (χ3n) is 8.66. The number of benzene rings is 7. The molecule has 1 aromatic heterocycles. The van der Waals surface area contributed by atoms with Crippen LogP contribution in [0.5, 0.6) is 0 Å². The van der Waals surface area contributed by atoms with Gasteiger partial charge in [-0.05, 0) is 59.9 Å². The predicted octanol–water partition coefficient (Wildman–Crippen LogP) is 10.6. The molecule has 0 bridgehead atoms. The monoisotopic (exact) mass is 559 g/mol. The fourth-order valence-electron chi connectivity index (χ4n) is 6.64. The van der Waals surface area contributed by atoms with Crippen molar-refractivity contribution in [1.82, 2.24) is 15.0 Å². The molecule has 0 radical (unpaired) electrons. The summed E-state index contributed by atoms with van der Waals surface area (Å²) < 4.78 is 0. The lowest BCUT2D eigenvalue weighted by Gasteiger charge is -2.14. The first-order valence-electron chi connectivity index (χ1n) is 14.9. The molecular weight excluding hydrogens is 534 g/mol. The zero-order chi connectivity index (χ0) is 29.0. The summed E-state index contributed by atoms with van der Waals surface area (Å²) in [7, 11) is 0. The van der Waals surface area contributed by atoms with Crippen LogP contribution in [0.1, 0.15) is 0 Å². The lowest BCUT2D eigenvalue weighted by molar-refractivity contribution is 1.07. The maximum absolute atomic E-state index is 5.03. The Kier molecular flexibility index (Phi) is 5.50. The quantitative estimate of drug-likeness (QED) is 0.202. The highest BCUT2D eigenvalue weighted by Gasteiger charge is 2.15. The average molecular weight is 560 g/mol. The van der Waals surface area contributed by atoms with Crippen molar-refractivity contribution in [1.29, 1.82) is 0 Å². The van der Waals surface area contributed by atoms with Crippen LogP contribution in [0.2, 0.25) is 0 Å². The van der Waals surface area contributed by atoms with Crippen LogP contribution in [0.15, 0.2) is 152 Å². The molecule has 0 aliphatic rings. The molecule has 8 aromatic carbocycles. The van der Waals surface area contributed by atoms with E-state index in [1.807, 2.05) is 60.7 Å². The third-order valence-corrected chi connectivity index (χ3v) is 8.66. The Morgan fingerprint density at radius 2 is 0.705 bits per heavy atom. The minimum absolute atomic E-state index is 0.653. The maximum atomic E-state index is 5.03. The van der Waals surface area contributed by atoms with E-state index in [1.165, 1.54) is 53.9 Å². The maximum Gasteiger partial charge on any atom is 0.164 e. The van der Waals surface area contributed by atoms with Gasteiger partial charge in [-0.15, -0.1) is 0 Å². The van der Waals surface area contributed by atoms with E-state index >= 15 is 0 Å². The third kappa shape index (κ3) is 3.87. The molecular formula is C41H25N3. The SMILES string of the molecule is c1ccc(-c2nc(-c3ccccc3)nc(-c3ccc4c(c3)c3ccccc3c3cccc5ccc6cccc4c6c53)n2)cc1. The van der Waals surface area contributed by atoms with Gasteiger partial charge in [0.15, 0.2) is 17.5 Å². The molecule has 0 fully saturated rings. The van der Waals surface area contributed by atoms with Crippen molar-refractivity contribution in [2.75, 3.05) is 0 Å². The number of fused-ring (bicyclic) bond motifs is 5. The van der Waals surface area contributed by atoms with Crippen molar-refractivity contribution in [3.8, 4) is 34.2 Å². The minimum Gasteiger partial charge on any atom is -0.208 e. The zero-order valence-corrected chi connectivity index (χ0v) is 23.8. The van der Waals surface area contributed by atoms with Crippen LogP contribution in [0, 0.1) is 0 Å². The second kappa shape index (κ2) is 9.82. The molecule has 0 spiro atoms. The number of hydrogen-bond donors (Lipinski definition) is 0. The smallest absolute Gasteiger partial charge is 0.164 e. The van der Waals surface area contributed by atoms with Gasteiger partial charge in [0.25, 0.3) is 0 Å². The summed E-state index contributed by atoms with van der Waals surface area (Å²) in [6.45, 7) is 0. The van der Waals surface area contributed by atoms with Crippen LogP contribution in [0.3, 0.4) is 0 Å². The first-order valence-corrected chi connectivity index (χ1v) is 14.9. The van der Waals surface area contributed by atoms with Crippen LogP contribution in [0.4, 0.5) is 0 Å². The Morgan fingerprint density at radius 3 is 1.25 bits per heavy atom. The van der Waals surface area contributed by atoms with Gasteiger partial charge in [-0.1, -0.05) is 146 Å². The molecule has 0 saturated carbocycles. The standard InChI is InChI=1S/C41H25N3/c1-3-11-28(12-4-1)39-42-40(29-13-5-2-6-14-29)44-41(43-39)30-23-24-33-35-20-10-16-27-22-21-26-15-9-19-34(37(26)38(27)35)31-17-7-8-18-32(31)36(33)25-30/h1-25H. The molecule has 3 heteroatoms. The van der Waals surface area contributed by atoms with Gasteiger partial charge >= 0.3 is 0 Å². The van der Waals surface area contributed by atoms with Gasteiger partial charge in [0.2, 0.25) is 0 Å². The largest absolute Gasteiger partial charge is 0.208 e. The van der Waals surface area contributed by atoms with Crippen LogP contribution < -0.4 is 0 Å². The van der Waals surface area contributed by atoms with Crippen LogP contribution in [0.25, 0.3) is 88.0 Å². The first-order chi connectivity index (χ1) is 21.8. The van der Waals surface area contributed by atoms with Crippen molar-refractivity contribution >= 4 is 53.9 Å². The highest BCUT2D eigenvalue weighted by molar-refractivity contribution is 6.32. The number of rotatable bonds is 3. The Balaban J connectivity index is 1.41. The predicted molar refractivity (Wildman–Crippen MR) is 184 cm³/mol. The second-order valence-corrected chi connectivity index (χ2v) is 11.2. The molecule has 0 N–H and O–H groups in total. The van der Waals surface area contributed by atoms with Gasteiger partial charge in [0, 0.05) is 16.7 Å². The number of hydrogen-bond acceptors (Lipinski definition) is 3. The van der Waals surface area contributed by atoms with Gasteiger partial charge in [-0.25, -0.2) is 15.0 Å². The normalized spacial score (nSPS) is 11.6. The summed E-state index contributed by atoms with van der Waals surface area (Å²) in [6, 6.07) is 53.5. The van der Waals surface area contributed by atoms with E-state index in [9.17, 15) is 0 Å². The van der Waals surface area contributed by atoms with E-state index < -0.39 is 0 Å². The topological polar surface area (TPSA) is 38.7 Å². The summed E-state index contributed by atoms with van der Waals surface area (Å²) in [4.78, 5) is 15.0. The number of nitrogens with zero attached hydrogens (tertiary/aromatic N) is 3. The Labute approximate surface area is 254 Å². The molecule has 3 nitrogen and oxygen atoms in total. The van der Waals surface area contributed by atoms with Gasteiger partial charge in [0.05, 0.1) is 0 Å². The van der Waals surface area contributed by atoms with Crippen molar-refractivity contribution in [2.45, 2.75) is 0 Å². The van der Waals surface area contributed by atoms with Crippen LogP contribution in [-0.4, -0.2) is 15.0 Å². The molecule has 0 aliphatic heterocycles. The molecule has 1 heterocycles. The first kappa shape index (κ1) is 24.6. The van der Waals surface area contributed by atoms with Gasteiger partial charge in [-0.3, -0.25) is 0 Å². The summed E-state index contributed by atoms with van der Waals surface area (Å²) in [6.07, 6.45) is 0. The Hall–Kier alpha value is -5.93. The molecule has 0 saturated heterocycles. The molecule has 0 unspecified atom stereocenters. The zero-order valence-electron chi connectivity index (χ0n) is 23.8. The van der Waals surface area contributed by atoms with Crippen LogP contribution >= 0.6 is 0 Å². The molecule has 9 rings (SSSR count). The van der Waals surface area contributed by atoms with E-state index in [4.69, 9.17) is 15.0 Å². The van der Waals surface area contributed by atoms with Gasteiger partial charge in [-0.2, -0.15) is 0 Å². The lowest BCUT2D eigenvalue weighted by atomic mass is 9.90. The molecule has 0 aliphatic carbocycles. The van der Waals surface area contributed by atoms with Crippen molar-refractivity contribution in [3.05, 3.63) is 152 Å². The minimum atomic E-state index is 0.653. The van der Waals surface area contributed by atoms with Crippen molar-refractivity contribution in [2.24, 2.45) is 0 Å². The van der Waals surface area contributed by atoms with Crippen LogP contribution in [-0.2, 0) is 0 Å². The highest BCUT2D eigenvalue weighted by atomic mass is 15.0. The molecule has 0 atom stereocenters. The van der Waals surface area contributed by atoms with E-state index in [0.29, 0.717) is 17.5 Å². The molecule has 44 heavy (non-hydrogen) atoms. The second-order valence-electron chi connectivity index (χ2n) is 11.2.